The average molecular weight is 401 g/mol. The van der Waals surface area contributed by atoms with Crippen LogP contribution in [-0.4, -0.2) is 42.6 Å². The van der Waals surface area contributed by atoms with E-state index < -0.39 is 0 Å². The fourth-order valence-corrected chi connectivity index (χ4v) is 3.77. The number of carbonyl (C=O) groups is 1. The number of piperidine rings is 1. The average Bonchev–Trinajstić information content (AvgIpc) is 3.57. The summed E-state index contributed by atoms with van der Waals surface area (Å²) < 4.78 is 5.19. The third kappa shape index (κ3) is 4.38. The van der Waals surface area contributed by atoms with E-state index >= 15 is 0 Å². The fraction of sp³-hybridized carbons (Fsp3) is 0.476. The molecule has 0 spiro atoms. The van der Waals surface area contributed by atoms with Crippen LogP contribution in [0.3, 0.4) is 0 Å². The number of benzene rings is 1. The summed E-state index contributed by atoms with van der Waals surface area (Å²) in [6.07, 6.45) is 5.73. The zero-order chi connectivity index (χ0) is 19.5. The molecule has 148 valence electrons. The van der Waals surface area contributed by atoms with Crippen LogP contribution in [0.4, 0.5) is 11.6 Å². The Labute approximate surface area is 170 Å². The minimum Gasteiger partial charge on any atom is -0.481 e. The maximum atomic E-state index is 13.3. The lowest BCUT2D eigenvalue weighted by atomic mass is 9.95. The van der Waals surface area contributed by atoms with Crippen molar-refractivity contribution in [1.29, 1.82) is 0 Å². The maximum absolute atomic E-state index is 13.3. The van der Waals surface area contributed by atoms with E-state index in [-0.39, 0.29) is 11.8 Å². The van der Waals surface area contributed by atoms with E-state index in [1.54, 1.807) is 19.4 Å². The van der Waals surface area contributed by atoms with Crippen LogP contribution < -0.4 is 14.5 Å². The quantitative estimate of drug-likeness (QED) is 0.738. The molecule has 4 rings (SSSR count). The fourth-order valence-electron chi connectivity index (χ4n) is 3.65. The van der Waals surface area contributed by atoms with Crippen LogP contribution in [0.5, 0.6) is 5.88 Å². The number of carbonyl (C=O) groups excluding carboxylic acids is 1. The van der Waals surface area contributed by atoms with Crippen LogP contribution in [0.1, 0.15) is 25.7 Å². The molecule has 0 unspecified atom stereocenters. The number of nitrogens with zero attached hydrogens (tertiary/aromatic N) is 4. The van der Waals surface area contributed by atoms with Crippen LogP contribution in [-0.2, 0) is 4.79 Å². The Bertz CT molecular complexity index is 817. The summed E-state index contributed by atoms with van der Waals surface area (Å²) in [6, 6.07) is 9.34. The lowest BCUT2D eigenvalue weighted by Crippen LogP contribution is -2.44. The number of rotatable bonds is 6. The third-order valence-electron chi connectivity index (χ3n) is 5.50. The third-order valence-corrected chi connectivity index (χ3v) is 5.75. The second kappa shape index (κ2) is 8.35. The van der Waals surface area contributed by atoms with E-state index in [1.807, 2.05) is 29.2 Å². The summed E-state index contributed by atoms with van der Waals surface area (Å²) in [6.45, 7) is 2.34. The Morgan fingerprint density at radius 2 is 1.89 bits per heavy atom. The summed E-state index contributed by atoms with van der Waals surface area (Å²) in [7, 11) is 1.60. The van der Waals surface area contributed by atoms with Crippen molar-refractivity contribution in [2.75, 3.05) is 36.5 Å². The summed E-state index contributed by atoms with van der Waals surface area (Å²) >= 11 is 6.03. The first-order valence-corrected chi connectivity index (χ1v) is 10.2. The number of halogens is 1. The SMILES string of the molecule is COc1ccnc(N2CCC(C(=O)N(CC3CC3)c3ccc(Cl)cc3)CC2)n1. The number of anilines is 2. The van der Waals surface area contributed by atoms with Gasteiger partial charge in [-0.2, -0.15) is 4.98 Å². The lowest BCUT2D eigenvalue weighted by molar-refractivity contribution is -0.123. The number of amides is 1. The molecule has 0 atom stereocenters. The van der Waals surface area contributed by atoms with Gasteiger partial charge in [-0.05, 0) is 55.9 Å². The van der Waals surface area contributed by atoms with Gasteiger partial charge in [-0.1, -0.05) is 11.6 Å². The smallest absolute Gasteiger partial charge is 0.230 e. The Kier molecular flexibility index (Phi) is 5.67. The molecule has 2 heterocycles. The van der Waals surface area contributed by atoms with Gasteiger partial charge in [0.05, 0.1) is 7.11 Å². The molecule has 2 aromatic rings. The summed E-state index contributed by atoms with van der Waals surface area (Å²) in [4.78, 5) is 26.2. The second-order valence-electron chi connectivity index (χ2n) is 7.53. The lowest BCUT2D eigenvalue weighted by Gasteiger charge is -2.34. The molecule has 7 heteroatoms. The number of hydrogen-bond acceptors (Lipinski definition) is 5. The Balaban J connectivity index is 1.43. The van der Waals surface area contributed by atoms with Crippen LogP contribution in [0.25, 0.3) is 0 Å². The van der Waals surface area contributed by atoms with Crippen molar-refractivity contribution in [1.82, 2.24) is 9.97 Å². The van der Waals surface area contributed by atoms with Crippen molar-refractivity contribution in [2.45, 2.75) is 25.7 Å². The molecule has 2 fully saturated rings. The van der Waals surface area contributed by atoms with Gasteiger partial charge >= 0.3 is 0 Å². The topological polar surface area (TPSA) is 58.6 Å². The standard InChI is InChI=1S/C21H25ClN4O2/c1-28-19-8-11-23-21(24-19)25-12-9-16(10-13-25)20(27)26(14-15-2-3-15)18-6-4-17(22)5-7-18/h4-8,11,15-16H,2-3,9-10,12-14H2,1H3. The molecule has 1 amide bonds. The normalized spacial score (nSPS) is 17.4. The molecule has 0 radical (unpaired) electrons. The maximum Gasteiger partial charge on any atom is 0.230 e. The minimum absolute atomic E-state index is 0.0243. The highest BCUT2D eigenvalue weighted by Gasteiger charge is 2.33. The number of aromatic nitrogens is 2. The molecule has 1 aliphatic heterocycles. The van der Waals surface area contributed by atoms with Crippen molar-refractivity contribution in [3.63, 3.8) is 0 Å². The van der Waals surface area contributed by atoms with Gasteiger partial charge in [0, 0.05) is 48.5 Å². The van der Waals surface area contributed by atoms with Gasteiger partial charge in [0.15, 0.2) is 0 Å². The molecule has 2 aliphatic rings. The van der Waals surface area contributed by atoms with Gasteiger partial charge in [-0.3, -0.25) is 4.79 Å². The monoisotopic (exact) mass is 400 g/mol. The van der Waals surface area contributed by atoms with Gasteiger partial charge in [-0.15, -0.1) is 0 Å². The van der Waals surface area contributed by atoms with Gasteiger partial charge in [0.25, 0.3) is 0 Å². The van der Waals surface area contributed by atoms with E-state index in [1.165, 1.54) is 12.8 Å². The van der Waals surface area contributed by atoms with Gasteiger partial charge in [0.2, 0.25) is 17.7 Å². The molecule has 0 N–H and O–H groups in total. The highest BCUT2D eigenvalue weighted by atomic mass is 35.5. The summed E-state index contributed by atoms with van der Waals surface area (Å²) in [5, 5.41) is 0.689. The predicted octanol–water partition coefficient (Wildman–Crippen LogP) is 3.80. The van der Waals surface area contributed by atoms with Crippen molar-refractivity contribution >= 4 is 29.1 Å². The molecule has 1 aromatic carbocycles. The van der Waals surface area contributed by atoms with Crippen molar-refractivity contribution in [3.05, 3.63) is 41.6 Å². The number of hydrogen-bond donors (Lipinski definition) is 0. The van der Waals surface area contributed by atoms with Gasteiger partial charge in [0.1, 0.15) is 0 Å². The minimum atomic E-state index is 0.0243. The van der Waals surface area contributed by atoms with Gasteiger partial charge < -0.3 is 14.5 Å². The highest BCUT2D eigenvalue weighted by molar-refractivity contribution is 6.30. The molecule has 1 saturated carbocycles. The van der Waals surface area contributed by atoms with Crippen molar-refractivity contribution < 1.29 is 9.53 Å². The molecule has 1 aromatic heterocycles. The predicted molar refractivity (Wildman–Crippen MR) is 110 cm³/mol. The van der Waals surface area contributed by atoms with Gasteiger partial charge in [-0.25, -0.2) is 4.98 Å². The Morgan fingerprint density at radius 1 is 1.18 bits per heavy atom. The molecule has 28 heavy (non-hydrogen) atoms. The Hall–Kier alpha value is -2.34. The molecule has 1 saturated heterocycles. The Morgan fingerprint density at radius 3 is 2.54 bits per heavy atom. The first-order valence-electron chi connectivity index (χ1n) is 9.83. The van der Waals surface area contributed by atoms with Crippen molar-refractivity contribution in [3.8, 4) is 5.88 Å². The molecule has 1 aliphatic carbocycles. The van der Waals surface area contributed by atoms with E-state index in [0.717, 1.165) is 38.2 Å². The molecular weight excluding hydrogens is 376 g/mol. The van der Waals surface area contributed by atoms with Crippen LogP contribution in [0.15, 0.2) is 36.5 Å². The first kappa shape index (κ1) is 19.0. The number of ether oxygens (including phenoxy) is 1. The second-order valence-corrected chi connectivity index (χ2v) is 7.97. The van der Waals surface area contributed by atoms with E-state index in [4.69, 9.17) is 16.3 Å². The molecule has 6 nitrogen and oxygen atoms in total. The van der Waals surface area contributed by atoms with Crippen LogP contribution in [0.2, 0.25) is 5.02 Å². The molecular formula is C21H25ClN4O2. The van der Waals surface area contributed by atoms with E-state index in [0.29, 0.717) is 22.8 Å². The van der Waals surface area contributed by atoms with E-state index in [9.17, 15) is 4.79 Å². The highest BCUT2D eigenvalue weighted by Crippen LogP contribution is 2.33. The van der Waals surface area contributed by atoms with Crippen LogP contribution in [0, 0.1) is 11.8 Å². The largest absolute Gasteiger partial charge is 0.481 e. The first-order chi connectivity index (χ1) is 13.6. The van der Waals surface area contributed by atoms with Crippen molar-refractivity contribution in [2.24, 2.45) is 11.8 Å². The zero-order valence-electron chi connectivity index (χ0n) is 16.1. The van der Waals surface area contributed by atoms with E-state index in [2.05, 4.69) is 14.9 Å². The van der Waals surface area contributed by atoms with Crippen LogP contribution >= 0.6 is 11.6 Å². The summed E-state index contributed by atoms with van der Waals surface area (Å²) in [5.41, 5.74) is 0.944. The molecule has 0 bridgehead atoms. The summed E-state index contributed by atoms with van der Waals surface area (Å²) in [5.74, 6) is 2.10. The zero-order valence-corrected chi connectivity index (χ0v) is 16.8. The number of methoxy groups -OCH3 is 1.